The maximum atomic E-state index is 5.89. The Labute approximate surface area is 125 Å². The number of halogens is 1. The van der Waals surface area contributed by atoms with Crippen molar-refractivity contribution in [2.24, 2.45) is 0 Å². The van der Waals surface area contributed by atoms with Crippen molar-refractivity contribution >= 4 is 29.3 Å². The lowest BCUT2D eigenvalue weighted by Gasteiger charge is -2.13. The van der Waals surface area contributed by atoms with Crippen molar-refractivity contribution in [2.45, 2.75) is 13.3 Å². The molecule has 100 valence electrons. The van der Waals surface area contributed by atoms with Gasteiger partial charge in [0.05, 0.1) is 0 Å². The zero-order valence-corrected chi connectivity index (χ0v) is 12.3. The van der Waals surface area contributed by atoms with Crippen LogP contribution >= 0.6 is 11.6 Å². The van der Waals surface area contributed by atoms with Crippen LogP contribution < -0.4 is 0 Å². The molecule has 1 aliphatic carbocycles. The van der Waals surface area contributed by atoms with Gasteiger partial charge in [-0.05, 0) is 46.7 Å². The van der Waals surface area contributed by atoms with Gasteiger partial charge >= 0.3 is 0 Å². The van der Waals surface area contributed by atoms with E-state index >= 15 is 0 Å². The van der Waals surface area contributed by atoms with Crippen LogP contribution in [0.3, 0.4) is 0 Å². The van der Waals surface area contributed by atoms with E-state index in [-0.39, 0.29) is 0 Å². The molecule has 0 nitrogen and oxygen atoms in total. The first-order chi connectivity index (χ1) is 9.81. The normalized spacial score (nSPS) is 14.8. The molecule has 0 aliphatic heterocycles. The second kappa shape index (κ2) is 5.68. The molecular formula is C19H17Cl. The minimum absolute atomic E-state index is 0.653. The summed E-state index contributed by atoms with van der Waals surface area (Å²) in [6.07, 6.45) is 7.59. The smallest absolute Gasteiger partial charge is 0.0258 e. The van der Waals surface area contributed by atoms with E-state index in [0.717, 1.165) is 6.42 Å². The van der Waals surface area contributed by atoms with Crippen molar-refractivity contribution in [1.29, 1.82) is 0 Å². The van der Waals surface area contributed by atoms with Gasteiger partial charge in [0.2, 0.25) is 0 Å². The topological polar surface area (TPSA) is 0 Å². The van der Waals surface area contributed by atoms with E-state index in [1.807, 2.05) is 0 Å². The summed E-state index contributed by atoms with van der Waals surface area (Å²) in [5, 5.41) is 0. The highest BCUT2D eigenvalue weighted by Crippen LogP contribution is 2.35. The Morgan fingerprint density at radius 3 is 2.60 bits per heavy atom. The highest BCUT2D eigenvalue weighted by atomic mass is 35.5. The fourth-order valence-electron chi connectivity index (χ4n) is 2.76. The first kappa shape index (κ1) is 13.2. The summed E-state index contributed by atoms with van der Waals surface area (Å²) in [6.45, 7) is 2.17. The van der Waals surface area contributed by atoms with Crippen LogP contribution in [0.5, 0.6) is 0 Å². The van der Waals surface area contributed by atoms with Gasteiger partial charge in [0, 0.05) is 5.88 Å². The fraction of sp³-hybridized carbons (Fsp3) is 0.158. The highest BCUT2D eigenvalue weighted by molar-refractivity contribution is 6.18. The molecule has 0 amide bonds. The lowest BCUT2D eigenvalue weighted by atomic mass is 9.91. The average molecular weight is 281 g/mol. The molecule has 2 aromatic carbocycles. The summed E-state index contributed by atoms with van der Waals surface area (Å²) in [7, 11) is 0. The van der Waals surface area contributed by atoms with Crippen LogP contribution in [0, 0.1) is 6.92 Å². The molecule has 0 heterocycles. The number of hydrogen-bond acceptors (Lipinski definition) is 0. The molecule has 0 aromatic heterocycles. The van der Waals surface area contributed by atoms with E-state index < -0.39 is 0 Å². The Hall–Kier alpha value is -1.79. The molecule has 20 heavy (non-hydrogen) atoms. The van der Waals surface area contributed by atoms with Crippen molar-refractivity contribution in [3.8, 4) is 0 Å². The second-order valence-corrected chi connectivity index (χ2v) is 5.43. The minimum atomic E-state index is 0.653. The SMILES string of the molecule is Cc1cccc2c1C=Cc1ccccc1C2=CCCCl. The molecule has 0 radical (unpaired) electrons. The lowest BCUT2D eigenvalue weighted by molar-refractivity contribution is 1.23. The molecule has 0 spiro atoms. The van der Waals surface area contributed by atoms with Crippen LogP contribution in [-0.4, -0.2) is 5.88 Å². The monoisotopic (exact) mass is 280 g/mol. The summed E-state index contributed by atoms with van der Waals surface area (Å²) >= 11 is 5.89. The van der Waals surface area contributed by atoms with Crippen LogP contribution in [0.2, 0.25) is 0 Å². The Balaban J connectivity index is 2.28. The summed E-state index contributed by atoms with van der Waals surface area (Å²) in [5.41, 5.74) is 7.77. The molecule has 0 atom stereocenters. The lowest BCUT2D eigenvalue weighted by Crippen LogP contribution is -1.94. The number of aryl methyl sites for hydroxylation is 1. The van der Waals surface area contributed by atoms with Gasteiger partial charge in [-0.3, -0.25) is 0 Å². The van der Waals surface area contributed by atoms with Crippen LogP contribution in [-0.2, 0) is 0 Å². The second-order valence-electron chi connectivity index (χ2n) is 5.05. The summed E-state index contributed by atoms with van der Waals surface area (Å²) in [5.74, 6) is 0.653. The number of fused-ring (bicyclic) bond motifs is 2. The largest absolute Gasteiger partial charge is 0.126 e. The van der Waals surface area contributed by atoms with E-state index in [1.165, 1.54) is 33.4 Å². The molecule has 0 fully saturated rings. The van der Waals surface area contributed by atoms with Gasteiger partial charge in [-0.2, -0.15) is 0 Å². The van der Waals surface area contributed by atoms with Crippen LogP contribution in [0.4, 0.5) is 0 Å². The number of benzene rings is 2. The molecule has 0 saturated heterocycles. The van der Waals surface area contributed by atoms with Crippen LogP contribution in [0.1, 0.15) is 34.2 Å². The predicted molar refractivity (Wildman–Crippen MR) is 89.0 cm³/mol. The third kappa shape index (κ3) is 2.32. The Morgan fingerprint density at radius 1 is 0.950 bits per heavy atom. The number of alkyl halides is 1. The summed E-state index contributed by atoms with van der Waals surface area (Å²) in [4.78, 5) is 0. The average Bonchev–Trinajstić information content (AvgIpc) is 2.63. The molecule has 1 heteroatoms. The van der Waals surface area contributed by atoms with Crippen LogP contribution in [0.15, 0.2) is 48.5 Å². The molecule has 2 aromatic rings. The number of allylic oxidation sites excluding steroid dienone is 1. The van der Waals surface area contributed by atoms with Crippen molar-refractivity contribution in [3.05, 3.63) is 76.4 Å². The van der Waals surface area contributed by atoms with Gasteiger partial charge < -0.3 is 0 Å². The minimum Gasteiger partial charge on any atom is -0.126 e. The quantitative estimate of drug-likeness (QED) is 0.541. The van der Waals surface area contributed by atoms with E-state index in [0.29, 0.717) is 5.88 Å². The number of rotatable bonds is 2. The molecule has 1 aliphatic rings. The van der Waals surface area contributed by atoms with E-state index in [4.69, 9.17) is 11.6 Å². The van der Waals surface area contributed by atoms with Crippen molar-refractivity contribution in [1.82, 2.24) is 0 Å². The van der Waals surface area contributed by atoms with E-state index in [9.17, 15) is 0 Å². The van der Waals surface area contributed by atoms with Crippen molar-refractivity contribution in [2.75, 3.05) is 5.88 Å². The third-order valence-corrected chi connectivity index (χ3v) is 3.97. The highest BCUT2D eigenvalue weighted by Gasteiger charge is 2.15. The Morgan fingerprint density at radius 2 is 1.75 bits per heavy atom. The maximum Gasteiger partial charge on any atom is 0.0258 e. The first-order valence-electron chi connectivity index (χ1n) is 6.95. The molecule has 0 N–H and O–H groups in total. The Bertz CT molecular complexity index is 693. The summed E-state index contributed by atoms with van der Waals surface area (Å²) < 4.78 is 0. The van der Waals surface area contributed by atoms with E-state index in [1.54, 1.807) is 0 Å². The van der Waals surface area contributed by atoms with Gasteiger partial charge in [-0.1, -0.05) is 60.7 Å². The van der Waals surface area contributed by atoms with Crippen molar-refractivity contribution in [3.63, 3.8) is 0 Å². The molecule has 0 unspecified atom stereocenters. The molecule has 0 bridgehead atoms. The molecule has 0 saturated carbocycles. The molecule has 3 rings (SSSR count). The standard InChI is InChI=1S/C19H17Cl/c1-14-6-4-9-18-16(14)12-11-15-7-2-3-8-17(15)19(18)10-5-13-20/h2-4,6-12H,5,13H2,1H3. The number of hydrogen-bond donors (Lipinski definition) is 0. The van der Waals surface area contributed by atoms with Gasteiger partial charge in [0.25, 0.3) is 0 Å². The van der Waals surface area contributed by atoms with Gasteiger partial charge in [0.15, 0.2) is 0 Å². The van der Waals surface area contributed by atoms with Crippen molar-refractivity contribution < 1.29 is 0 Å². The third-order valence-electron chi connectivity index (χ3n) is 3.75. The zero-order valence-electron chi connectivity index (χ0n) is 11.6. The van der Waals surface area contributed by atoms with Crippen LogP contribution in [0.25, 0.3) is 17.7 Å². The van der Waals surface area contributed by atoms with Gasteiger partial charge in [0.1, 0.15) is 0 Å². The Kier molecular flexibility index (Phi) is 3.75. The predicted octanol–water partition coefficient (Wildman–Crippen LogP) is 5.54. The maximum absolute atomic E-state index is 5.89. The zero-order chi connectivity index (χ0) is 13.9. The van der Waals surface area contributed by atoms with E-state index in [2.05, 4.69) is 67.6 Å². The molecular weight excluding hydrogens is 264 g/mol. The summed E-state index contributed by atoms with van der Waals surface area (Å²) in [6, 6.07) is 15.0. The fourth-order valence-corrected chi connectivity index (χ4v) is 2.87. The van der Waals surface area contributed by atoms with Gasteiger partial charge in [-0.25, -0.2) is 0 Å². The first-order valence-corrected chi connectivity index (χ1v) is 7.48. The van der Waals surface area contributed by atoms with Gasteiger partial charge in [-0.15, -0.1) is 11.6 Å².